The predicted molar refractivity (Wildman–Crippen MR) is 117 cm³/mol. The Morgan fingerprint density at radius 2 is 1.85 bits per heavy atom. The summed E-state index contributed by atoms with van der Waals surface area (Å²) in [7, 11) is 3.40. The molecule has 2 aromatic rings. The van der Waals surface area contributed by atoms with E-state index >= 15 is 0 Å². The van der Waals surface area contributed by atoms with Crippen LogP contribution in [0, 0.1) is 5.82 Å². The van der Waals surface area contributed by atoms with Crippen LogP contribution in [0.3, 0.4) is 0 Å². The SMILES string of the molecule is CN=C(NCc1cccc(OC)n1)N1CCN(c2ccc(F)cc2)CC1.I. The topological polar surface area (TPSA) is 53.0 Å². The maximum Gasteiger partial charge on any atom is 0.213 e. The molecule has 1 aromatic heterocycles. The van der Waals surface area contributed by atoms with E-state index in [1.54, 1.807) is 14.2 Å². The van der Waals surface area contributed by atoms with Crippen molar-refractivity contribution >= 4 is 35.6 Å². The number of hydrogen-bond acceptors (Lipinski definition) is 4. The third kappa shape index (κ3) is 5.69. The Hall–Kier alpha value is -2.10. The molecule has 27 heavy (non-hydrogen) atoms. The fourth-order valence-electron chi connectivity index (χ4n) is 3.00. The monoisotopic (exact) mass is 485 g/mol. The molecule has 0 spiro atoms. The van der Waals surface area contributed by atoms with Crippen LogP contribution in [0.4, 0.5) is 10.1 Å². The van der Waals surface area contributed by atoms with Crippen LogP contribution in [-0.2, 0) is 6.54 Å². The van der Waals surface area contributed by atoms with Crippen molar-refractivity contribution in [3.8, 4) is 5.88 Å². The summed E-state index contributed by atoms with van der Waals surface area (Å²) < 4.78 is 18.2. The van der Waals surface area contributed by atoms with E-state index in [-0.39, 0.29) is 29.8 Å². The number of rotatable bonds is 4. The molecule has 1 aliphatic heterocycles. The Balaban J connectivity index is 0.00000261. The van der Waals surface area contributed by atoms with Gasteiger partial charge >= 0.3 is 0 Å². The average molecular weight is 485 g/mol. The molecular weight excluding hydrogens is 460 g/mol. The molecule has 3 rings (SSSR count). The highest BCUT2D eigenvalue weighted by Gasteiger charge is 2.19. The van der Waals surface area contributed by atoms with Gasteiger partial charge in [0.05, 0.1) is 19.3 Å². The molecule has 2 heterocycles. The fourth-order valence-corrected chi connectivity index (χ4v) is 3.00. The Morgan fingerprint density at radius 1 is 1.15 bits per heavy atom. The first-order valence-electron chi connectivity index (χ1n) is 8.65. The Morgan fingerprint density at radius 3 is 2.48 bits per heavy atom. The van der Waals surface area contributed by atoms with Crippen LogP contribution in [0.15, 0.2) is 47.5 Å². The van der Waals surface area contributed by atoms with Gasteiger partial charge in [0.1, 0.15) is 5.82 Å². The maximum atomic E-state index is 13.1. The zero-order valence-electron chi connectivity index (χ0n) is 15.6. The number of benzene rings is 1. The minimum Gasteiger partial charge on any atom is -0.481 e. The minimum absolute atomic E-state index is 0. The summed E-state index contributed by atoms with van der Waals surface area (Å²) in [6.07, 6.45) is 0. The van der Waals surface area contributed by atoms with Crippen molar-refractivity contribution in [3.63, 3.8) is 0 Å². The molecule has 6 nitrogen and oxygen atoms in total. The van der Waals surface area contributed by atoms with Gasteiger partial charge in [0.2, 0.25) is 5.88 Å². The summed E-state index contributed by atoms with van der Waals surface area (Å²) in [4.78, 5) is 13.3. The number of methoxy groups -OCH3 is 1. The van der Waals surface area contributed by atoms with Crippen LogP contribution in [-0.4, -0.2) is 56.2 Å². The van der Waals surface area contributed by atoms with Crippen molar-refractivity contribution in [2.45, 2.75) is 6.54 Å². The first kappa shape index (κ1) is 21.2. The number of ether oxygens (including phenoxy) is 1. The lowest BCUT2D eigenvalue weighted by molar-refractivity contribution is 0.371. The number of pyridine rings is 1. The second kappa shape index (κ2) is 10.3. The second-order valence-electron chi connectivity index (χ2n) is 6.02. The van der Waals surface area contributed by atoms with Crippen molar-refractivity contribution in [3.05, 3.63) is 54.0 Å². The van der Waals surface area contributed by atoms with E-state index in [9.17, 15) is 4.39 Å². The number of halogens is 2. The van der Waals surface area contributed by atoms with Crippen molar-refractivity contribution in [1.82, 2.24) is 15.2 Å². The minimum atomic E-state index is -0.205. The fraction of sp³-hybridized carbons (Fsp3) is 0.368. The number of hydrogen-bond donors (Lipinski definition) is 1. The molecule has 0 aliphatic carbocycles. The normalized spacial score (nSPS) is 14.6. The van der Waals surface area contributed by atoms with Gasteiger partial charge < -0.3 is 19.9 Å². The average Bonchev–Trinajstić information content (AvgIpc) is 2.70. The number of aliphatic imine (C=N–C) groups is 1. The van der Waals surface area contributed by atoms with Crippen LogP contribution in [0.25, 0.3) is 0 Å². The zero-order chi connectivity index (χ0) is 18.4. The highest BCUT2D eigenvalue weighted by Crippen LogP contribution is 2.17. The molecule has 1 fully saturated rings. The molecule has 1 N–H and O–H groups in total. The number of nitrogens with zero attached hydrogens (tertiary/aromatic N) is 4. The van der Waals surface area contributed by atoms with Crippen LogP contribution in [0.2, 0.25) is 0 Å². The van der Waals surface area contributed by atoms with E-state index in [1.165, 1.54) is 12.1 Å². The van der Waals surface area contributed by atoms with Gasteiger partial charge in [0.25, 0.3) is 0 Å². The van der Waals surface area contributed by atoms with E-state index in [0.29, 0.717) is 12.4 Å². The number of aromatic nitrogens is 1. The molecule has 1 aromatic carbocycles. The molecule has 146 valence electrons. The summed E-state index contributed by atoms with van der Waals surface area (Å²) in [6, 6.07) is 12.4. The van der Waals surface area contributed by atoms with E-state index in [2.05, 4.69) is 25.1 Å². The van der Waals surface area contributed by atoms with Crippen LogP contribution >= 0.6 is 24.0 Å². The molecule has 0 atom stereocenters. The smallest absolute Gasteiger partial charge is 0.213 e. The number of nitrogens with one attached hydrogen (secondary N) is 1. The van der Waals surface area contributed by atoms with E-state index in [0.717, 1.165) is 43.5 Å². The Labute approximate surface area is 176 Å². The van der Waals surface area contributed by atoms with Gasteiger partial charge in [-0.25, -0.2) is 9.37 Å². The van der Waals surface area contributed by atoms with Crippen LogP contribution in [0.1, 0.15) is 5.69 Å². The van der Waals surface area contributed by atoms with Gasteiger partial charge in [-0.05, 0) is 30.3 Å². The zero-order valence-corrected chi connectivity index (χ0v) is 17.9. The van der Waals surface area contributed by atoms with E-state index in [1.807, 2.05) is 30.3 Å². The van der Waals surface area contributed by atoms with Crippen LogP contribution in [0.5, 0.6) is 5.88 Å². The van der Waals surface area contributed by atoms with Crippen molar-refractivity contribution in [2.75, 3.05) is 45.2 Å². The van der Waals surface area contributed by atoms with Crippen molar-refractivity contribution < 1.29 is 9.13 Å². The molecule has 8 heteroatoms. The van der Waals surface area contributed by atoms with Crippen molar-refractivity contribution in [1.29, 1.82) is 0 Å². The molecule has 0 bridgehead atoms. The van der Waals surface area contributed by atoms with Gasteiger partial charge in [0, 0.05) is 45.0 Å². The van der Waals surface area contributed by atoms with Gasteiger partial charge in [0.15, 0.2) is 5.96 Å². The van der Waals surface area contributed by atoms with Crippen molar-refractivity contribution in [2.24, 2.45) is 4.99 Å². The van der Waals surface area contributed by atoms with E-state index < -0.39 is 0 Å². The van der Waals surface area contributed by atoms with Gasteiger partial charge in [-0.1, -0.05) is 6.07 Å². The summed E-state index contributed by atoms with van der Waals surface area (Å²) >= 11 is 0. The largest absolute Gasteiger partial charge is 0.481 e. The standard InChI is InChI=1S/C19H24FN5O.HI/c1-21-19(22-14-16-4-3-5-18(23-16)26-2)25-12-10-24(11-13-25)17-8-6-15(20)7-9-17;/h3-9H,10-14H2,1-2H3,(H,21,22);1H. The molecule has 1 aliphatic rings. The van der Waals surface area contributed by atoms with Crippen LogP contribution < -0.4 is 15.0 Å². The third-order valence-corrected chi connectivity index (χ3v) is 4.40. The molecule has 0 radical (unpaired) electrons. The lowest BCUT2D eigenvalue weighted by Crippen LogP contribution is -2.52. The predicted octanol–water partition coefficient (Wildman–Crippen LogP) is 2.74. The molecule has 0 unspecified atom stereocenters. The lowest BCUT2D eigenvalue weighted by atomic mass is 10.2. The first-order valence-corrected chi connectivity index (χ1v) is 8.65. The number of piperazine rings is 1. The highest BCUT2D eigenvalue weighted by atomic mass is 127. The second-order valence-corrected chi connectivity index (χ2v) is 6.02. The number of anilines is 1. The summed E-state index contributed by atoms with van der Waals surface area (Å²) in [5.74, 6) is 1.25. The lowest BCUT2D eigenvalue weighted by Gasteiger charge is -2.37. The molecule has 0 saturated carbocycles. The van der Waals surface area contributed by atoms with Gasteiger partial charge in [-0.2, -0.15) is 0 Å². The number of guanidine groups is 1. The molecular formula is C19H25FIN5O. The summed E-state index contributed by atoms with van der Waals surface area (Å²) in [5.41, 5.74) is 1.95. The maximum absolute atomic E-state index is 13.1. The highest BCUT2D eigenvalue weighted by molar-refractivity contribution is 14.0. The summed E-state index contributed by atoms with van der Waals surface area (Å²) in [5, 5.41) is 3.36. The van der Waals surface area contributed by atoms with Gasteiger partial charge in [-0.3, -0.25) is 4.99 Å². The first-order chi connectivity index (χ1) is 12.7. The van der Waals surface area contributed by atoms with E-state index in [4.69, 9.17) is 4.74 Å². The Bertz CT molecular complexity index is 748. The Kier molecular flexibility index (Phi) is 8.08. The molecule has 1 saturated heterocycles. The summed E-state index contributed by atoms with van der Waals surface area (Å²) in [6.45, 7) is 4.01. The molecule has 0 amide bonds. The van der Waals surface area contributed by atoms with Gasteiger partial charge in [-0.15, -0.1) is 24.0 Å². The quantitative estimate of drug-likeness (QED) is 0.410. The third-order valence-electron chi connectivity index (χ3n) is 4.40.